The minimum Gasteiger partial charge on any atom is -0.478 e. The largest absolute Gasteiger partial charge is 0.478 e. The summed E-state index contributed by atoms with van der Waals surface area (Å²) in [6.45, 7) is 0. The average Bonchev–Trinajstić information content (AvgIpc) is 3.28. The molecule has 30 heavy (non-hydrogen) atoms. The SMILES string of the molecule is Cn1nc2c(Oc3cccc(Cl)c3)cccc2c1C1=Cc2nccc(C(=O)O)c2C1. The van der Waals surface area contributed by atoms with Gasteiger partial charge in [-0.05, 0) is 47.5 Å². The molecule has 0 fully saturated rings. The highest BCUT2D eigenvalue weighted by atomic mass is 35.5. The minimum atomic E-state index is -0.949. The van der Waals surface area contributed by atoms with E-state index in [0.717, 1.165) is 27.7 Å². The van der Waals surface area contributed by atoms with Gasteiger partial charge in [0.05, 0.1) is 17.0 Å². The molecule has 6 nitrogen and oxygen atoms in total. The van der Waals surface area contributed by atoms with E-state index in [4.69, 9.17) is 16.3 Å². The molecule has 0 saturated heterocycles. The lowest BCUT2D eigenvalue weighted by Crippen LogP contribution is -2.04. The van der Waals surface area contributed by atoms with Crippen LogP contribution in [0.3, 0.4) is 0 Å². The van der Waals surface area contributed by atoms with E-state index in [9.17, 15) is 9.90 Å². The number of hydrogen-bond donors (Lipinski definition) is 1. The third-order valence-corrected chi connectivity index (χ3v) is 5.39. The molecule has 2 aromatic carbocycles. The lowest BCUT2D eigenvalue weighted by molar-refractivity contribution is 0.0695. The van der Waals surface area contributed by atoms with E-state index in [0.29, 0.717) is 28.6 Å². The molecule has 5 rings (SSSR count). The Morgan fingerprint density at radius 3 is 2.83 bits per heavy atom. The Morgan fingerprint density at radius 2 is 2.03 bits per heavy atom. The van der Waals surface area contributed by atoms with E-state index in [2.05, 4.69) is 10.1 Å². The number of halogens is 1. The van der Waals surface area contributed by atoms with Gasteiger partial charge in [-0.2, -0.15) is 5.10 Å². The summed E-state index contributed by atoms with van der Waals surface area (Å²) in [5.41, 5.74) is 4.29. The molecule has 1 N–H and O–H groups in total. The molecule has 0 spiro atoms. The molecule has 4 aromatic rings. The number of rotatable bonds is 4. The molecule has 2 heterocycles. The number of pyridine rings is 1. The van der Waals surface area contributed by atoms with Crippen molar-refractivity contribution >= 4 is 40.1 Å². The Morgan fingerprint density at radius 1 is 1.20 bits per heavy atom. The molecule has 0 bridgehead atoms. The third-order valence-electron chi connectivity index (χ3n) is 5.15. The molecule has 0 aliphatic heterocycles. The van der Waals surface area contributed by atoms with Crippen LogP contribution in [0, 0.1) is 0 Å². The summed E-state index contributed by atoms with van der Waals surface area (Å²) in [4.78, 5) is 15.9. The van der Waals surface area contributed by atoms with Crippen molar-refractivity contribution in [3.8, 4) is 11.5 Å². The van der Waals surface area contributed by atoms with Gasteiger partial charge in [-0.15, -0.1) is 0 Å². The number of fused-ring (bicyclic) bond motifs is 2. The first kappa shape index (κ1) is 18.4. The van der Waals surface area contributed by atoms with Crippen molar-refractivity contribution in [2.45, 2.75) is 6.42 Å². The Bertz CT molecular complexity index is 1360. The molecule has 0 radical (unpaired) electrons. The molecular formula is C23H16ClN3O3. The van der Waals surface area contributed by atoms with Gasteiger partial charge in [0.2, 0.25) is 0 Å². The highest BCUT2D eigenvalue weighted by molar-refractivity contribution is 6.30. The predicted octanol–water partition coefficient (Wildman–Crippen LogP) is 5.21. The monoisotopic (exact) mass is 417 g/mol. The van der Waals surface area contributed by atoms with Crippen molar-refractivity contribution in [2.24, 2.45) is 7.05 Å². The Hall–Kier alpha value is -3.64. The maximum Gasteiger partial charge on any atom is 0.336 e. The number of aromatic carboxylic acids is 1. The Kier molecular flexibility index (Phi) is 4.29. The standard InChI is InChI=1S/C23H16ClN3O3/c1-27-22(13-10-18-16(23(28)29)8-9-25-19(18)11-13)17-6-3-7-20(21(17)26-27)30-15-5-2-4-14(24)12-15/h2-9,11-12H,10H2,1H3,(H,28,29). The van der Waals surface area contributed by atoms with Crippen molar-refractivity contribution in [1.29, 1.82) is 0 Å². The lowest BCUT2D eigenvalue weighted by atomic mass is 10.0. The molecule has 1 aliphatic carbocycles. The van der Waals surface area contributed by atoms with E-state index < -0.39 is 5.97 Å². The van der Waals surface area contributed by atoms with Crippen molar-refractivity contribution in [3.63, 3.8) is 0 Å². The van der Waals surface area contributed by atoms with Crippen molar-refractivity contribution in [3.05, 3.63) is 82.3 Å². The number of ether oxygens (including phenoxy) is 1. The summed E-state index contributed by atoms with van der Waals surface area (Å²) in [6, 6.07) is 14.5. The molecule has 0 amide bonds. The zero-order chi connectivity index (χ0) is 20.8. The lowest BCUT2D eigenvalue weighted by Gasteiger charge is -2.07. The van der Waals surface area contributed by atoms with E-state index >= 15 is 0 Å². The Labute approximate surface area is 177 Å². The highest BCUT2D eigenvalue weighted by Gasteiger charge is 2.25. The van der Waals surface area contributed by atoms with Crippen LogP contribution >= 0.6 is 11.6 Å². The summed E-state index contributed by atoms with van der Waals surface area (Å²) in [7, 11) is 1.87. The smallest absolute Gasteiger partial charge is 0.336 e. The van der Waals surface area contributed by atoms with Gasteiger partial charge in [0.1, 0.15) is 11.3 Å². The maximum absolute atomic E-state index is 11.6. The van der Waals surface area contributed by atoms with Gasteiger partial charge in [0.25, 0.3) is 0 Å². The quantitative estimate of drug-likeness (QED) is 0.493. The third kappa shape index (κ3) is 3.02. The summed E-state index contributed by atoms with van der Waals surface area (Å²) in [5, 5.41) is 15.7. The fraction of sp³-hybridized carbons (Fsp3) is 0.0870. The first-order chi connectivity index (χ1) is 14.5. The summed E-state index contributed by atoms with van der Waals surface area (Å²) < 4.78 is 7.85. The topological polar surface area (TPSA) is 77.2 Å². The number of aryl methyl sites for hydroxylation is 1. The van der Waals surface area contributed by atoms with Crippen LogP contribution in [0.1, 0.15) is 27.3 Å². The van der Waals surface area contributed by atoms with Crippen LogP contribution in [0.15, 0.2) is 54.7 Å². The summed E-state index contributed by atoms with van der Waals surface area (Å²) >= 11 is 6.07. The van der Waals surface area contributed by atoms with Gasteiger partial charge >= 0.3 is 5.97 Å². The molecule has 2 aromatic heterocycles. The highest BCUT2D eigenvalue weighted by Crippen LogP contribution is 2.38. The van der Waals surface area contributed by atoms with Crippen LogP contribution in [0.5, 0.6) is 11.5 Å². The minimum absolute atomic E-state index is 0.280. The molecule has 148 valence electrons. The second-order valence-electron chi connectivity index (χ2n) is 7.06. The van der Waals surface area contributed by atoms with Crippen molar-refractivity contribution in [2.75, 3.05) is 0 Å². The maximum atomic E-state index is 11.6. The van der Waals surface area contributed by atoms with Gasteiger partial charge in [0.15, 0.2) is 5.75 Å². The number of aromatic nitrogens is 3. The van der Waals surface area contributed by atoms with Gasteiger partial charge in [0, 0.05) is 30.1 Å². The van der Waals surface area contributed by atoms with E-state index in [1.54, 1.807) is 16.8 Å². The fourth-order valence-corrected chi connectivity index (χ4v) is 4.07. The number of carbonyl (C=O) groups is 1. The van der Waals surface area contributed by atoms with E-state index in [1.165, 1.54) is 12.3 Å². The number of carboxylic acids is 1. The van der Waals surface area contributed by atoms with Crippen molar-refractivity contribution in [1.82, 2.24) is 14.8 Å². The van der Waals surface area contributed by atoms with Gasteiger partial charge in [-0.1, -0.05) is 29.8 Å². The first-order valence-electron chi connectivity index (χ1n) is 9.32. The second kappa shape index (κ2) is 7.00. The number of hydrogen-bond acceptors (Lipinski definition) is 4. The van der Waals surface area contributed by atoms with Crippen LogP contribution in [-0.4, -0.2) is 25.8 Å². The van der Waals surface area contributed by atoms with Gasteiger partial charge < -0.3 is 9.84 Å². The summed E-state index contributed by atoms with van der Waals surface area (Å²) in [6.07, 6.45) is 3.95. The van der Waals surface area contributed by atoms with Gasteiger partial charge in [-0.25, -0.2) is 4.79 Å². The number of nitrogens with zero attached hydrogens (tertiary/aromatic N) is 3. The van der Waals surface area contributed by atoms with Crippen molar-refractivity contribution < 1.29 is 14.6 Å². The normalized spacial score (nSPS) is 12.7. The number of allylic oxidation sites excluding steroid dienone is 1. The first-order valence-corrected chi connectivity index (χ1v) is 9.70. The molecular weight excluding hydrogens is 402 g/mol. The molecule has 7 heteroatoms. The fourth-order valence-electron chi connectivity index (χ4n) is 3.89. The predicted molar refractivity (Wildman–Crippen MR) is 115 cm³/mol. The van der Waals surface area contributed by atoms with Crippen LogP contribution < -0.4 is 4.74 Å². The van der Waals surface area contributed by atoms with Crippen LogP contribution in [0.25, 0.3) is 22.6 Å². The van der Waals surface area contributed by atoms with Gasteiger partial charge in [-0.3, -0.25) is 9.67 Å². The molecule has 0 saturated carbocycles. The second-order valence-corrected chi connectivity index (χ2v) is 7.49. The number of carboxylic acid groups (broad SMARTS) is 1. The Balaban J connectivity index is 1.58. The van der Waals surface area contributed by atoms with E-state index in [1.807, 2.05) is 43.5 Å². The average molecular weight is 418 g/mol. The van der Waals surface area contributed by atoms with Crippen LogP contribution in [-0.2, 0) is 13.5 Å². The summed E-state index contributed by atoms with van der Waals surface area (Å²) in [5.74, 6) is 0.303. The molecule has 0 atom stereocenters. The zero-order valence-corrected chi connectivity index (χ0v) is 16.7. The van der Waals surface area contributed by atoms with Crippen LogP contribution in [0.2, 0.25) is 5.02 Å². The van der Waals surface area contributed by atoms with Crippen LogP contribution in [0.4, 0.5) is 0 Å². The van der Waals surface area contributed by atoms with E-state index in [-0.39, 0.29) is 5.56 Å². The molecule has 1 aliphatic rings. The zero-order valence-electron chi connectivity index (χ0n) is 16.0. The molecule has 0 unspecified atom stereocenters. The number of benzene rings is 2.